The number of pyridine rings is 2. The number of rotatable bonds is 3. The number of carboxylic acids is 1. The Labute approximate surface area is 173 Å². The zero-order chi connectivity index (χ0) is 21.4. The molecular formula is C22H25FN4O3. The van der Waals surface area contributed by atoms with E-state index < -0.39 is 23.6 Å². The maximum Gasteiger partial charge on any atom is 0.341 e. The monoisotopic (exact) mass is 412 g/mol. The maximum atomic E-state index is 14.0. The summed E-state index contributed by atoms with van der Waals surface area (Å²) in [5, 5.41) is 9.65. The molecule has 5 atom stereocenters. The molecule has 3 heterocycles. The number of carboxylic acid groups (broad SMARTS) is 1. The Bertz CT molecular complexity index is 1160. The molecule has 5 rings (SSSR count). The summed E-state index contributed by atoms with van der Waals surface area (Å²) in [4.78, 5) is 31.1. The van der Waals surface area contributed by atoms with Crippen LogP contribution in [0.4, 0.5) is 10.2 Å². The molecule has 3 aliphatic rings. The van der Waals surface area contributed by atoms with Crippen molar-refractivity contribution in [2.45, 2.75) is 44.9 Å². The van der Waals surface area contributed by atoms with Crippen LogP contribution in [0.1, 0.15) is 41.7 Å². The van der Waals surface area contributed by atoms with E-state index in [0.717, 1.165) is 30.9 Å². The van der Waals surface area contributed by atoms with Gasteiger partial charge in [-0.3, -0.25) is 4.79 Å². The second kappa shape index (κ2) is 6.38. The molecule has 2 aromatic rings. The van der Waals surface area contributed by atoms with Crippen LogP contribution < -0.4 is 16.1 Å². The fourth-order valence-corrected chi connectivity index (χ4v) is 5.24. The Kier molecular flexibility index (Phi) is 4.09. The van der Waals surface area contributed by atoms with Crippen molar-refractivity contribution < 1.29 is 14.3 Å². The van der Waals surface area contributed by atoms with Crippen LogP contribution in [0.5, 0.6) is 0 Å². The topological polar surface area (TPSA) is 101 Å². The number of anilines is 1. The van der Waals surface area contributed by atoms with Crippen molar-refractivity contribution in [1.29, 1.82) is 0 Å². The van der Waals surface area contributed by atoms with E-state index >= 15 is 0 Å². The van der Waals surface area contributed by atoms with Gasteiger partial charge in [-0.1, -0.05) is 19.1 Å². The highest BCUT2D eigenvalue weighted by molar-refractivity contribution is 5.94. The lowest BCUT2D eigenvalue weighted by molar-refractivity contribution is 0.0694. The fraction of sp³-hybridized carbons (Fsp3) is 0.500. The summed E-state index contributed by atoms with van der Waals surface area (Å²) in [6, 6.07) is -0.478. The lowest BCUT2D eigenvalue weighted by atomic mass is 9.70. The third-order valence-corrected chi connectivity index (χ3v) is 7.28. The van der Waals surface area contributed by atoms with Gasteiger partial charge in [0, 0.05) is 48.9 Å². The van der Waals surface area contributed by atoms with Gasteiger partial charge < -0.3 is 20.3 Å². The number of fused-ring (bicyclic) bond motifs is 2. The van der Waals surface area contributed by atoms with Crippen molar-refractivity contribution in [2.24, 2.45) is 17.1 Å². The van der Waals surface area contributed by atoms with Gasteiger partial charge in [0.2, 0.25) is 5.43 Å². The van der Waals surface area contributed by atoms with E-state index in [1.54, 1.807) is 4.57 Å². The molecule has 2 aliphatic carbocycles. The minimum Gasteiger partial charge on any atom is -0.477 e. The molecule has 2 aromatic heterocycles. The molecule has 1 saturated heterocycles. The van der Waals surface area contributed by atoms with Crippen LogP contribution in [0.25, 0.3) is 10.9 Å². The highest BCUT2D eigenvalue weighted by Crippen LogP contribution is 2.46. The smallest absolute Gasteiger partial charge is 0.341 e. The minimum absolute atomic E-state index is 0.0305. The fourth-order valence-electron chi connectivity index (χ4n) is 5.24. The summed E-state index contributed by atoms with van der Waals surface area (Å²) in [7, 11) is 0. The van der Waals surface area contributed by atoms with Gasteiger partial charge in [0.1, 0.15) is 17.6 Å². The van der Waals surface area contributed by atoms with Crippen LogP contribution in [0.2, 0.25) is 0 Å². The van der Waals surface area contributed by atoms with Gasteiger partial charge in [-0.25, -0.2) is 14.2 Å². The van der Waals surface area contributed by atoms with Crippen molar-refractivity contribution >= 4 is 22.7 Å². The molecule has 0 bridgehead atoms. The highest BCUT2D eigenvalue weighted by atomic mass is 19.1. The van der Waals surface area contributed by atoms with Gasteiger partial charge in [-0.2, -0.15) is 0 Å². The van der Waals surface area contributed by atoms with Crippen LogP contribution in [0, 0.1) is 18.3 Å². The SMILES string of the molecule is Cc1c(N2C[C@@H]3CC=C[C@H](N)C3(C)C2)ncc2c(=O)c(C(=O)O)cn([C@@H]3C[C@@H]3F)c12. The van der Waals surface area contributed by atoms with Crippen LogP contribution in [0.3, 0.4) is 0 Å². The first kappa shape index (κ1) is 19.2. The molecule has 0 spiro atoms. The Hall–Kier alpha value is -2.74. The number of nitrogens with zero attached hydrogens (tertiary/aromatic N) is 3. The lowest BCUT2D eigenvalue weighted by Crippen LogP contribution is -2.45. The number of halogens is 1. The van der Waals surface area contributed by atoms with E-state index in [0.29, 0.717) is 17.9 Å². The second-order valence-corrected chi connectivity index (χ2v) is 9.15. The molecule has 0 amide bonds. The lowest BCUT2D eigenvalue weighted by Gasteiger charge is -2.37. The van der Waals surface area contributed by atoms with Gasteiger partial charge in [0.15, 0.2) is 0 Å². The van der Waals surface area contributed by atoms with Gasteiger partial charge in [0.25, 0.3) is 0 Å². The number of aromatic carboxylic acids is 1. The highest BCUT2D eigenvalue weighted by Gasteiger charge is 2.48. The quantitative estimate of drug-likeness (QED) is 0.751. The molecule has 0 radical (unpaired) electrons. The molecule has 8 heteroatoms. The summed E-state index contributed by atoms with van der Waals surface area (Å²) in [6.45, 7) is 5.63. The summed E-state index contributed by atoms with van der Waals surface area (Å²) >= 11 is 0. The first-order valence-corrected chi connectivity index (χ1v) is 10.3. The van der Waals surface area contributed by atoms with E-state index in [9.17, 15) is 19.1 Å². The van der Waals surface area contributed by atoms with Gasteiger partial charge in [0.05, 0.1) is 16.9 Å². The Morgan fingerprint density at radius 2 is 2.17 bits per heavy atom. The van der Waals surface area contributed by atoms with E-state index in [4.69, 9.17) is 5.73 Å². The van der Waals surface area contributed by atoms with Crippen LogP contribution >= 0.6 is 0 Å². The predicted molar refractivity (Wildman–Crippen MR) is 112 cm³/mol. The molecule has 7 nitrogen and oxygen atoms in total. The zero-order valence-electron chi connectivity index (χ0n) is 17.0. The summed E-state index contributed by atoms with van der Waals surface area (Å²) in [5.74, 6) is -0.159. The number of aryl methyl sites for hydroxylation is 1. The Morgan fingerprint density at radius 1 is 1.43 bits per heavy atom. The summed E-state index contributed by atoms with van der Waals surface area (Å²) < 4.78 is 15.6. The van der Waals surface area contributed by atoms with Gasteiger partial charge in [-0.15, -0.1) is 0 Å². The predicted octanol–water partition coefficient (Wildman–Crippen LogP) is 2.42. The molecule has 1 aliphatic heterocycles. The summed E-state index contributed by atoms with van der Waals surface area (Å²) in [6.07, 6.45) is 7.19. The van der Waals surface area contributed by atoms with E-state index in [2.05, 4.69) is 29.0 Å². The molecule has 158 valence electrons. The number of aromatic nitrogens is 2. The largest absolute Gasteiger partial charge is 0.477 e. The summed E-state index contributed by atoms with van der Waals surface area (Å²) in [5.41, 5.74) is 6.74. The molecule has 30 heavy (non-hydrogen) atoms. The number of hydrogen-bond donors (Lipinski definition) is 2. The van der Waals surface area contributed by atoms with Crippen molar-refractivity contribution in [1.82, 2.24) is 9.55 Å². The molecule has 1 unspecified atom stereocenters. The zero-order valence-corrected chi connectivity index (χ0v) is 17.0. The van der Waals surface area contributed by atoms with Gasteiger partial charge in [-0.05, 0) is 19.3 Å². The average molecular weight is 412 g/mol. The number of allylic oxidation sites excluding steroid dienone is 1. The van der Waals surface area contributed by atoms with E-state index in [-0.39, 0.29) is 22.4 Å². The number of hydrogen-bond acceptors (Lipinski definition) is 5. The molecule has 2 fully saturated rings. The molecule has 3 N–H and O–H groups in total. The Morgan fingerprint density at radius 3 is 2.80 bits per heavy atom. The van der Waals surface area contributed by atoms with Crippen LogP contribution in [0.15, 0.2) is 29.3 Å². The van der Waals surface area contributed by atoms with E-state index in [1.807, 2.05) is 6.92 Å². The standard InChI is InChI=1S/C22H25FN4O3/c1-11-18-13(19(28)14(21(29)30)9-27(18)16-6-15(16)23)7-25-20(11)26-8-12-4-3-5-17(24)22(12,2)10-26/h3,5,7,9,12,15-17H,4,6,8,10,24H2,1-2H3,(H,29,30)/t12-,15-,16+,17-,22?/m0/s1. The van der Waals surface area contributed by atoms with Gasteiger partial charge >= 0.3 is 5.97 Å². The van der Waals surface area contributed by atoms with Crippen LogP contribution in [-0.4, -0.2) is 45.9 Å². The van der Waals surface area contributed by atoms with Crippen molar-refractivity contribution in [3.63, 3.8) is 0 Å². The van der Waals surface area contributed by atoms with Crippen molar-refractivity contribution in [3.8, 4) is 0 Å². The minimum atomic E-state index is -1.31. The van der Waals surface area contributed by atoms with Crippen molar-refractivity contribution in [3.05, 3.63) is 45.9 Å². The first-order valence-electron chi connectivity index (χ1n) is 10.3. The van der Waals surface area contributed by atoms with Crippen molar-refractivity contribution in [2.75, 3.05) is 18.0 Å². The number of carbonyl (C=O) groups is 1. The third-order valence-electron chi connectivity index (χ3n) is 7.28. The number of alkyl halides is 1. The van der Waals surface area contributed by atoms with Crippen LogP contribution in [-0.2, 0) is 0 Å². The van der Waals surface area contributed by atoms with E-state index in [1.165, 1.54) is 12.4 Å². The molecule has 1 saturated carbocycles. The third kappa shape index (κ3) is 2.62. The molecular weight excluding hydrogens is 387 g/mol. The Balaban J connectivity index is 1.66. The number of nitrogens with two attached hydrogens (primary N) is 1. The molecule has 0 aromatic carbocycles. The first-order chi connectivity index (χ1) is 14.2. The maximum absolute atomic E-state index is 14.0. The average Bonchev–Trinajstić information content (AvgIpc) is 3.31. The normalized spacial score (nSPS) is 32.5. The second-order valence-electron chi connectivity index (χ2n) is 9.15.